The number of nitrogens with zero attached hydrogens (tertiary/aromatic N) is 1. The van der Waals surface area contributed by atoms with Crippen molar-refractivity contribution in [1.82, 2.24) is 4.98 Å². The molecule has 0 saturated carbocycles. The molecule has 3 rings (SSSR count). The lowest BCUT2D eigenvalue weighted by Crippen LogP contribution is -1.82. The average molecular weight is 221 g/mol. The van der Waals surface area contributed by atoms with Gasteiger partial charge < -0.3 is 5.11 Å². The van der Waals surface area contributed by atoms with E-state index in [0.29, 0.717) is 0 Å². The number of phenolic OH excluding ortho intramolecular Hbond substituents is 1. The van der Waals surface area contributed by atoms with Crippen LogP contribution in [0.4, 0.5) is 0 Å². The van der Waals surface area contributed by atoms with Crippen molar-refractivity contribution in [3.63, 3.8) is 0 Å². The quantitative estimate of drug-likeness (QED) is 0.681. The predicted molar refractivity (Wildman–Crippen MR) is 68.8 cm³/mol. The van der Waals surface area contributed by atoms with Crippen LogP contribution >= 0.6 is 0 Å². The largest absolute Gasteiger partial charge is 0.508 e. The summed E-state index contributed by atoms with van der Waals surface area (Å²) in [5.41, 5.74) is 3.08. The molecule has 0 aliphatic heterocycles. The Balaban J connectivity index is 2.19. The second-order valence-corrected chi connectivity index (χ2v) is 3.97. The topological polar surface area (TPSA) is 33.1 Å². The van der Waals surface area contributed by atoms with Crippen LogP contribution in [-0.2, 0) is 0 Å². The molecule has 0 aliphatic carbocycles. The smallest absolute Gasteiger partial charge is 0.116 e. The summed E-state index contributed by atoms with van der Waals surface area (Å²) < 4.78 is 0. The molecular formula is C15H11NO. The van der Waals surface area contributed by atoms with E-state index in [1.54, 1.807) is 12.1 Å². The van der Waals surface area contributed by atoms with E-state index in [-0.39, 0.29) is 5.75 Å². The van der Waals surface area contributed by atoms with E-state index >= 15 is 0 Å². The summed E-state index contributed by atoms with van der Waals surface area (Å²) in [6.07, 6.45) is 1.86. The van der Waals surface area contributed by atoms with Gasteiger partial charge in [-0.3, -0.25) is 4.98 Å². The fraction of sp³-hybridized carbons (Fsp3) is 0. The van der Waals surface area contributed by atoms with Gasteiger partial charge in [0, 0.05) is 17.1 Å². The van der Waals surface area contributed by atoms with Crippen LogP contribution in [0.15, 0.2) is 60.8 Å². The second kappa shape index (κ2) is 3.91. The maximum absolute atomic E-state index is 9.46. The number of hydrogen-bond donors (Lipinski definition) is 1. The second-order valence-electron chi connectivity index (χ2n) is 3.97. The molecule has 0 spiro atoms. The number of phenols is 1. The van der Waals surface area contributed by atoms with Crippen LogP contribution in [0.5, 0.6) is 5.75 Å². The van der Waals surface area contributed by atoms with Crippen molar-refractivity contribution in [2.75, 3.05) is 0 Å². The van der Waals surface area contributed by atoms with Crippen molar-refractivity contribution in [2.45, 2.75) is 0 Å². The molecule has 0 amide bonds. The zero-order chi connectivity index (χ0) is 11.7. The van der Waals surface area contributed by atoms with Gasteiger partial charge in [0.15, 0.2) is 0 Å². The lowest BCUT2D eigenvalue weighted by atomic mass is 10.1. The van der Waals surface area contributed by atoms with Crippen molar-refractivity contribution in [1.29, 1.82) is 0 Å². The van der Waals surface area contributed by atoms with Gasteiger partial charge in [-0.1, -0.05) is 30.3 Å². The molecule has 2 nitrogen and oxygen atoms in total. The molecule has 1 heterocycles. The van der Waals surface area contributed by atoms with Gasteiger partial charge in [-0.15, -0.1) is 0 Å². The molecular weight excluding hydrogens is 210 g/mol. The fourth-order valence-corrected chi connectivity index (χ4v) is 1.91. The Labute approximate surface area is 99.2 Å². The summed E-state index contributed by atoms with van der Waals surface area (Å²) >= 11 is 0. The molecule has 0 fully saturated rings. The Bertz CT molecular complexity index is 662. The Kier molecular flexibility index (Phi) is 2.26. The highest BCUT2D eigenvalue weighted by Gasteiger charge is 2.01. The number of aromatic nitrogens is 1. The van der Waals surface area contributed by atoms with Gasteiger partial charge in [0.05, 0.1) is 5.52 Å². The first-order chi connectivity index (χ1) is 8.33. The van der Waals surface area contributed by atoms with E-state index in [2.05, 4.69) is 4.98 Å². The lowest BCUT2D eigenvalue weighted by Gasteiger charge is -2.03. The first-order valence-electron chi connectivity index (χ1n) is 5.47. The van der Waals surface area contributed by atoms with E-state index < -0.39 is 0 Å². The summed E-state index contributed by atoms with van der Waals surface area (Å²) in [7, 11) is 0. The maximum Gasteiger partial charge on any atom is 0.116 e. The molecule has 2 heteroatoms. The van der Waals surface area contributed by atoms with E-state index in [4.69, 9.17) is 0 Å². The zero-order valence-corrected chi connectivity index (χ0v) is 9.17. The summed E-state index contributed by atoms with van der Waals surface area (Å²) in [6.45, 7) is 0. The highest BCUT2D eigenvalue weighted by Crippen LogP contribution is 2.24. The highest BCUT2D eigenvalue weighted by atomic mass is 16.3. The van der Waals surface area contributed by atoms with Crippen molar-refractivity contribution < 1.29 is 5.11 Å². The third kappa shape index (κ3) is 1.85. The van der Waals surface area contributed by atoms with E-state index in [1.165, 1.54) is 0 Å². The van der Waals surface area contributed by atoms with E-state index in [0.717, 1.165) is 22.0 Å². The molecule has 0 saturated heterocycles. The van der Waals surface area contributed by atoms with Crippen LogP contribution in [0.1, 0.15) is 0 Å². The van der Waals surface area contributed by atoms with Gasteiger partial charge in [0.2, 0.25) is 0 Å². The minimum absolute atomic E-state index is 0.268. The molecule has 3 aromatic rings. The molecule has 1 aromatic heterocycles. The molecule has 82 valence electrons. The predicted octanol–water partition coefficient (Wildman–Crippen LogP) is 3.61. The third-order valence-electron chi connectivity index (χ3n) is 2.77. The van der Waals surface area contributed by atoms with Crippen LogP contribution in [0.3, 0.4) is 0 Å². The molecule has 0 radical (unpaired) electrons. The summed E-state index contributed by atoms with van der Waals surface area (Å²) in [5, 5.41) is 10.4. The van der Waals surface area contributed by atoms with Gasteiger partial charge in [0.1, 0.15) is 5.75 Å². The Morgan fingerprint density at radius 3 is 2.47 bits per heavy atom. The van der Waals surface area contributed by atoms with Gasteiger partial charge >= 0.3 is 0 Å². The lowest BCUT2D eigenvalue weighted by molar-refractivity contribution is 0.476. The number of benzene rings is 2. The SMILES string of the molecule is Oc1ccc2ncc(-c3ccccc3)cc2c1. The summed E-state index contributed by atoms with van der Waals surface area (Å²) in [4.78, 5) is 4.39. The molecule has 0 aliphatic rings. The van der Waals surface area contributed by atoms with Crippen LogP contribution in [0, 0.1) is 0 Å². The molecule has 2 aromatic carbocycles. The average Bonchev–Trinajstić information content (AvgIpc) is 2.39. The number of fused-ring (bicyclic) bond motifs is 1. The minimum atomic E-state index is 0.268. The first kappa shape index (κ1) is 9.85. The minimum Gasteiger partial charge on any atom is -0.508 e. The van der Waals surface area contributed by atoms with Crippen LogP contribution < -0.4 is 0 Å². The Hall–Kier alpha value is -2.35. The monoisotopic (exact) mass is 221 g/mol. The molecule has 0 unspecified atom stereocenters. The van der Waals surface area contributed by atoms with Crippen LogP contribution in [-0.4, -0.2) is 10.1 Å². The van der Waals surface area contributed by atoms with Crippen LogP contribution in [0.2, 0.25) is 0 Å². The number of rotatable bonds is 1. The van der Waals surface area contributed by atoms with Crippen molar-refractivity contribution in [3.05, 3.63) is 60.8 Å². The van der Waals surface area contributed by atoms with E-state index in [9.17, 15) is 5.11 Å². The van der Waals surface area contributed by atoms with Crippen molar-refractivity contribution in [3.8, 4) is 16.9 Å². The van der Waals surface area contributed by atoms with Crippen molar-refractivity contribution >= 4 is 10.9 Å². The van der Waals surface area contributed by atoms with Gasteiger partial charge in [-0.2, -0.15) is 0 Å². The molecule has 0 bridgehead atoms. The van der Waals surface area contributed by atoms with Gasteiger partial charge in [-0.25, -0.2) is 0 Å². The van der Waals surface area contributed by atoms with Crippen LogP contribution in [0.25, 0.3) is 22.0 Å². The number of pyridine rings is 1. The molecule has 1 N–H and O–H groups in total. The first-order valence-corrected chi connectivity index (χ1v) is 5.47. The fourth-order valence-electron chi connectivity index (χ4n) is 1.91. The van der Waals surface area contributed by atoms with Crippen molar-refractivity contribution in [2.24, 2.45) is 0 Å². The number of hydrogen-bond acceptors (Lipinski definition) is 2. The summed E-state index contributed by atoms with van der Waals surface area (Å²) in [5.74, 6) is 0.268. The maximum atomic E-state index is 9.46. The molecule has 0 atom stereocenters. The number of aromatic hydroxyl groups is 1. The Morgan fingerprint density at radius 2 is 1.65 bits per heavy atom. The standard InChI is InChI=1S/C15H11NO/c17-14-6-7-15-12(9-14)8-13(10-16-15)11-4-2-1-3-5-11/h1-10,17H. The highest BCUT2D eigenvalue weighted by molar-refractivity contribution is 5.84. The Morgan fingerprint density at radius 1 is 0.824 bits per heavy atom. The van der Waals surface area contributed by atoms with E-state index in [1.807, 2.05) is 48.7 Å². The zero-order valence-electron chi connectivity index (χ0n) is 9.17. The van der Waals surface area contributed by atoms with Gasteiger partial charge in [-0.05, 0) is 29.8 Å². The van der Waals surface area contributed by atoms with Gasteiger partial charge in [0.25, 0.3) is 0 Å². The summed E-state index contributed by atoms with van der Waals surface area (Å²) in [6, 6.07) is 17.3. The third-order valence-corrected chi connectivity index (χ3v) is 2.77. The molecule has 17 heavy (non-hydrogen) atoms. The normalized spacial score (nSPS) is 10.6.